The SMILES string of the molecule is OC(CCCc1c[nH]c2ccccc12)c1ccccc1. The van der Waals surface area contributed by atoms with Crippen LogP contribution in [0.2, 0.25) is 0 Å². The molecule has 0 aliphatic carbocycles. The van der Waals surface area contributed by atoms with Gasteiger partial charge in [-0.2, -0.15) is 0 Å². The highest BCUT2D eigenvalue weighted by Crippen LogP contribution is 2.22. The Hall–Kier alpha value is -2.06. The monoisotopic (exact) mass is 265 g/mol. The molecule has 2 heteroatoms. The lowest BCUT2D eigenvalue weighted by Crippen LogP contribution is -1.98. The zero-order chi connectivity index (χ0) is 13.8. The Morgan fingerprint density at radius 2 is 1.70 bits per heavy atom. The second-order valence-corrected chi connectivity index (χ2v) is 5.18. The summed E-state index contributed by atoms with van der Waals surface area (Å²) in [5.41, 5.74) is 3.53. The molecule has 3 rings (SSSR count). The van der Waals surface area contributed by atoms with Crippen LogP contribution in [-0.4, -0.2) is 10.1 Å². The molecule has 2 aromatic carbocycles. The van der Waals surface area contributed by atoms with Crippen LogP contribution in [-0.2, 0) is 6.42 Å². The molecule has 0 fully saturated rings. The van der Waals surface area contributed by atoms with Crippen LogP contribution in [0.15, 0.2) is 60.8 Å². The molecule has 20 heavy (non-hydrogen) atoms. The van der Waals surface area contributed by atoms with Crippen molar-refractivity contribution in [1.82, 2.24) is 4.98 Å². The van der Waals surface area contributed by atoms with E-state index in [1.165, 1.54) is 16.5 Å². The van der Waals surface area contributed by atoms with Crippen molar-refractivity contribution in [3.63, 3.8) is 0 Å². The van der Waals surface area contributed by atoms with E-state index < -0.39 is 0 Å². The number of H-pyrrole nitrogens is 1. The maximum atomic E-state index is 10.2. The van der Waals surface area contributed by atoms with Crippen LogP contribution in [0, 0.1) is 0 Å². The minimum absolute atomic E-state index is 0.360. The van der Waals surface area contributed by atoms with Crippen molar-refractivity contribution < 1.29 is 5.11 Å². The number of benzene rings is 2. The van der Waals surface area contributed by atoms with E-state index in [4.69, 9.17) is 0 Å². The third kappa shape index (κ3) is 2.75. The number of aliphatic hydroxyl groups is 1. The Morgan fingerprint density at radius 3 is 2.55 bits per heavy atom. The van der Waals surface area contributed by atoms with Gasteiger partial charge in [0, 0.05) is 17.1 Å². The highest BCUT2D eigenvalue weighted by atomic mass is 16.3. The summed E-state index contributed by atoms with van der Waals surface area (Å²) < 4.78 is 0. The first-order chi connectivity index (χ1) is 9.84. The van der Waals surface area contributed by atoms with E-state index in [0.717, 1.165) is 24.8 Å². The molecular formula is C18H19NO. The molecule has 0 spiro atoms. The van der Waals surface area contributed by atoms with Crippen molar-refractivity contribution in [2.24, 2.45) is 0 Å². The largest absolute Gasteiger partial charge is 0.388 e. The van der Waals surface area contributed by atoms with Crippen LogP contribution >= 0.6 is 0 Å². The number of hydrogen-bond donors (Lipinski definition) is 2. The lowest BCUT2D eigenvalue weighted by Gasteiger charge is -2.10. The van der Waals surface area contributed by atoms with Gasteiger partial charge < -0.3 is 10.1 Å². The lowest BCUT2D eigenvalue weighted by atomic mass is 10.0. The molecule has 0 saturated carbocycles. The zero-order valence-electron chi connectivity index (χ0n) is 11.4. The van der Waals surface area contributed by atoms with Gasteiger partial charge in [-0.05, 0) is 36.5 Å². The average molecular weight is 265 g/mol. The average Bonchev–Trinajstić information content (AvgIpc) is 2.92. The number of para-hydroxylation sites is 1. The van der Waals surface area contributed by atoms with E-state index in [-0.39, 0.29) is 6.10 Å². The molecule has 2 N–H and O–H groups in total. The summed E-state index contributed by atoms with van der Waals surface area (Å²) in [6, 6.07) is 18.2. The molecule has 3 aromatic rings. The van der Waals surface area contributed by atoms with Gasteiger partial charge in [0.1, 0.15) is 0 Å². The number of aliphatic hydroxyl groups excluding tert-OH is 1. The van der Waals surface area contributed by atoms with Gasteiger partial charge in [0.25, 0.3) is 0 Å². The van der Waals surface area contributed by atoms with Crippen molar-refractivity contribution in [1.29, 1.82) is 0 Å². The summed E-state index contributed by atoms with van der Waals surface area (Å²) in [5, 5.41) is 11.4. The summed E-state index contributed by atoms with van der Waals surface area (Å²) >= 11 is 0. The smallest absolute Gasteiger partial charge is 0.0790 e. The molecule has 0 amide bonds. The third-order valence-corrected chi connectivity index (χ3v) is 3.78. The van der Waals surface area contributed by atoms with Crippen LogP contribution in [0.25, 0.3) is 10.9 Å². The fraction of sp³-hybridized carbons (Fsp3) is 0.222. The lowest BCUT2D eigenvalue weighted by molar-refractivity contribution is 0.165. The first kappa shape index (κ1) is 12.9. The number of nitrogens with one attached hydrogen (secondary N) is 1. The second kappa shape index (κ2) is 5.93. The topological polar surface area (TPSA) is 36.0 Å². The van der Waals surface area contributed by atoms with E-state index >= 15 is 0 Å². The molecule has 1 heterocycles. The molecular weight excluding hydrogens is 246 g/mol. The molecule has 0 aliphatic heterocycles. The fourth-order valence-corrected chi connectivity index (χ4v) is 2.67. The molecule has 2 nitrogen and oxygen atoms in total. The minimum Gasteiger partial charge on any atom is -0.388 e. The van der Waals surface area contributed by atoms with Crippen LogP contribution in [0.5, 0.6) is 0 Å². The molecule has 102 valence electrons. The van der Waals surface area contributed by atoms with Crippen molar-refractivity contribution in [3.05, 3.63) is 71.9 Å². The Labute approximate surface area is 119 Å². The second-order valence-electron chi connectivity index (χ2n) is 5.18. The van der Waals surface area contributed by atoms with Gasteiger partial charge in [0.2, 0.25) is 0 Å². The molecule has 0 bridgehead atoms. The Morgan fingerprint density at radius 1 is 0.950 bits per heavy atom. The quantitative estimate of drug-likeness (QED) is 0.711. The number of fused-ring (bicyclic) bond motifs is 1. The third-order valence-electron chi connectivity index (χ3n) is 3.78. The normalized spacial score (nSPS) is 12.7. The highest BCUT2D eigenvalue weighted by Gasteiger charge is 2.08. The van der Waals surface area contributed by atoms with Crippen LogP contribution in [0.3, 0.4) is 0 Å². The predicted molar refractivity (Wildman–Crippen MR) is 82.6 cm³/mol. The van der Waals surface area contributed by atoms with Gasteiger partial charge in [-0.1, -0.05) is 48.5 Å². The molecule has 1 aromatic heterocycles. The van der Waals surface area contributed by atoms with Crippen molar-refractivity contribution in [2.75, 3.05) is 0 Å². The fourth-order valence-electron chi connectivity index (χ4n) is 2.67. The van der Waals surface area contributed by atoms with Crippen molar-refractivity contribution in [2.45, 2.75) is 25.4 Å². The first-order valence-corrected chi connectivity index (χ1v) is 7.12. The number of aryl methyl sites for hydroxylation is 1. The highest BCUT2D eigenvalue weighted by molar-refractivity contribution is 5.82. The zero-order valence-corrected chi connectivity index (χ0v) is 11.4. The molecule has 0 aliphatic rings. The molecule has 0 radical (unpaired) electrons. The molecule has 1 atom stereocenters. The Balaban J connectivity index is 1.60. The van der Waals surface area contributed by atoms with E-state index in [0.29, 0.717) is 0 Å². The summed E-state index contributed by atoms with van der Waals surface area (Å²) in [4.78, 5) is 3.30. The van der Waals surface area contributed by atoms with Crippen LogP contribution in [0.1, 0.15) is 30.1 Å². The Kier molecular flexibility index (Phi) is 3.84. The summed E-state index contributed by atoms with van der Waals surface area (Å²) in [7, 11) is 0. The number of aromatic amines is 1. The van der Waals surface area contributed by atoms with Crippen LogP contribution < -0.4 is 0 Å². The van der Waals surface area contributed by atoms with Crippen molar-refractivity contribution in [3.8, 4) is 0 Å². The van der Waals surface area contributed by atoms with Gasteiger partial charge in [0.15, 0.2) is 0 Å². The summed E-state index contributed by atoms with van der Waals surface area (Å²) in [6.45, 7) is 0. The number of rotatable bonds is 5. The van der Waals surface area contributed by atoms with E-state index in [2.05, 4.69) is 29.4 Å². The first-order valence-electron chi connectivity index (χ1n) is 7.12. The van der Waals surface area contributed by atoms with E-state index in [9.17, 15) is 5.11 Å². The van der Waals surface area contributed by atoms with Gasteiger partial charge in [-0.25, -0.2) is 0 Å². The van der Waals surface area contributed by atoms with Gasteiger partial charge in [-0.15, -0.1) is 0 Å². The Bertz CT molecular complexity index is 672. The predicted octanol–water partition coefficient (Wildman–Crippen LogP) is 4.22. The molecule has 1 unspecified atom stereocenters. The maximum Gasteiger partial charge on any atom is 0.0790 e. The van der Waals surface area contributed by atoms with Crippen LogP contribution in [0.4, 0.5) is 0 Å². The minimum atomic E-state index is -0.360. The number of hydrogen-bond acceptors (Lipinski definition) is 1. The summed E-state index contributed by atoms with van der Waals surface area (Å²) in [6.07, 6.45) is 4.50. The standard InChI is InChI=1S/C18H19NO/c20-18(14-7-2-1-3-8-14)12-6-9-15-13-19-17-11-5-4-10-16(15)17/h1-5,7-8,10-11,13,18-20H,6,9,12H2. The van der Waals surface area contributed by atoms with Gasteiger partial charge in [0.05, 0.1) is 6.10 Å². The van der Waals surface area contributed by atoms with Gasteiger partial charge >= 0.3 is 0 Å². The van der Waals surface area contributed by atoms with E-state index in [1.807, 2.05) is 36.4 Å². The van der Waals surface area contributed by atoms with E-state index in [1.54, 1.807) is 0 Å². The van der Waals surface area contributed by atoms with Crippen molar-refractivity contribution >= 4 is 10.9 Å². The van der Waals surface area contributed by atoms with Gasteiger partial charge in [-0.3, -0.25) is 0 Å². The summed E-state index contributed by atoms with van der Waals surface area (Å²) in [5.74, 6) is 0. The number of aromatic nitrogens is 1. The molecule has 0 saturated heterocycles. The maximum absolute atomic E-state index is 10.2.